The fraction of sp³-hybridized carbons (Fsp3) is 0.533. The van der Waals surface area contributed by atoms with Gasteiger partial charge in [0, 0.05) is 34.2 Å². The Labute approximate surface area is 133 Å². The van der Waals surface area contributed by atoms with Gasteiger partial charge in [-0.05, 0) is 50.9 Å². The number of benzene rings is 1. The zero-order valence-corrected chi connectivity index (χ0v) is 14.2. The molecule has 0 atom stereocenters. The molecule has 0 spiro atoms. The average Bonchev–Trinajstić information content (AvgIpc) is 2.45. The predicted molar refractivity (Wildman–Crippen MR) is 86.3 cm³/mol. The van der Waals surface area contributed by atoms with Crippen LogP contribution in [-0.4, -0.2) is 37.0 Å². The fourth-order valence-electron chi connectivity index (χ4n) is 2.80. The zero-order chi connectivity index (χ0) is 14.7. The number of halogens is 2. The summed E-state index contributed by atoms with van der Waals surface area (Å²) in [5.41, 5.74) is 0.641. The first-order chi connectivity index (χ1) is 9.51. The summed E-state index contributed by atoms with van der Waals surface area (Å²) in [5.74, 6) is 0.0427. The van der Waals surface area contributed by atoms with Gasteiger partial charge in [0.1, 0.15) is 0 Å². The lowest BCUT2D eigenvalue weighted by Gasteiger charge is -2.34. The molecule has 1 fully saturated rings. The maximum Gasteiger partial charge on any atom is 0.253 e. The van der Waals surface area contributed by atoms with E-state index in [4.69, 9.17) is 11.6 Å². The second-order valence-electron chi connectivity index (χ2n) is 5.37. The van der Waals surface area contributed by atoms with Gasteiger partial charge in [0.2, 0.25) is 0 Å². The third-order valence-corrected chi connectivity index (χ3v) is 4.76. The van der Waals surface area contributed by atoms with Crippen molar-refractivity contribution in [2.24, 2.45) is 0 Å². The molecule has 0 aliphatic heterocycles. The van der Waals surface area contributed by atoms with E-state index in [0.717, 1.165) is 30.2 Å². The van der Waals surface area contributed by atoms with E-state index in [1.165, 1.54) is 0 Å². The number of hydrogen-bond donors (Lipinski definition) is 1. The molecule has 0 heterocycles. The maximum atomic E-state index is 12.5. The summed E-state index contributed by atoms with van der Waals surface area (Å²) in [6, 6.07) is 6.25. The number of nitrogens with one attached hydrogen (secondary N) is 1. The highest BCUT2D eigenvalue weighted by Crippen LogP contribution is 2.25. The average molecular weight is 360 g/mol. The number of carbonyl (C=O) groups excluding carboxylic acids is 1. The summed E-state index contributed by atoms with van der Waals surface area (Å²) < 4.78 is 0.834. The molecule has 1 aromatic carbocycles. The fourth-order valence-corrected chi connectivity index (χ4v) is 3.66. The topological polar surface area (TPSA) is 32.3 Å². The van der Waals surface area contributed by atoms with Gasteiger partial charge in [-0.2, -0.15) is 0 Å². The van der Waals surface area contributed by atoms with Gasteiger partial charge in [-0.15, -0.1) is 0 Å². The molecule has 2 rings (SSSR count). The molecule has 1 N–H and O–H groups in total. The van der Waals surface area contributed by atoms with E-state index < -0.39 is 0 Å². The van der Waals surface area contributed by atoms with Crippen LogP contribution in [-0.2, 0) is 0 Å². The lowest BCUT2D eigenvalue weighted by atomic mass is 9.90. The molecule has 1 aliphatic carbocycles. The molecule has 20 heavy (non-hydrogen) atoms. The summed E-state index contributed by atoms with van der Waals surface area (Å²) in [6.07, 6.45) is 4.35. The largest absolute Gasteiger partial charge is 0.339 e. The summed E-state index contributed by atoms with van der Waals surface area (Å²) in [6.45, 7) is 0. The molecular formula is C15H20BrClN2O. The highest BCUT2D eigenvalue weighted by Gasteiger charge is 2.26. The van der Waals surface area contributed by atoms with Crippen LogP contribution >= 0.6 is 27.5 Å². The summed E-state index contributed by atoms with van der Waals surface area (Å²) in [4.78, 5) is 14.4. The molecule has 1 aromatic rings. The molecule has 0 unspecified atom stereocenters. The quantitative estimate of drug-likeness (QED) is 0.892. The molecule has 0 aromatic heterocycles. The summed E-state index contributed by atoms with van der Waals surface area (Å²) >= 11 is 9.39. The standard InChI is InChI=1S/C15H20BrClN2O/c1-18-13-3-5-14(6-4-13)19(2)15(20)10-7-11(16)9-12(17)8-10/h7-9,13-14,18H,3-6H2,1-2H3. The number of rotatable bonds is 3. The Balaban J connectivity index is 2.05. The number of hydrogen-bond acceptors (Lipinski definition) is 2. The Bertz CT molecular complexity index is 467. The van der Waals surface area contributed by atoms with Crippen LogP contribution in [0.4, 0.5) is 0 Å². The Morgan fingerprint density at radius 1 is 1.30 bits per heavy atom. The molecule has 0 saturated heterocycles. The summed E-state index contributed by atoms with van der Waals surface area (Å²) in [7, 11) is 3.89. The zero-order valence-electron chi connectivity index (χ0n) is 11.8. The molecule has 0 radical (unpaired) electrons. The Kier molecular flexibility index (Phi) is 5.47. The molecule has 1 saturated carbocycles. The van der Waals surface area contributed by atoms with Crippen LogP contribution in [0, 0.1) is 0 Å². The van der Waals surface area contributed by atoms with Crippen molar-refractivity contribution in [3.05, 3.63) is 33.3 Å². The highest BCUT2D eigenvalue weighted by atomic mass is 79.9. The molecule has 3 nitrogen and oxygen atoms in total. The van der Waals surface area contributed by atoms with Gasteiger partial charge in [-0.3, -0.25) is 4.79 Å². The lowest BCUT2D eigenvalue weighted by molar-refractivity contribution is 0.0685. The smallest absolute Gasteiger partial charge is 0.253 e. The second-order valence-corrected chi connectivity index (χ2v) is 6.72. The first-order valence-corrected chi connectivity index (χ1v) is 8.09. The van der Waals surface area contributed by atoms with Crippen molar-refractivity contribution in [1.29, 1.82) is 0 Å². The number of carbonyl (C=O) groups is 1. The third-order valence-electron chi connectivity index (χ3n) is 4.08. The Morgan fingerprint density at radius 2 is 1.95 bits per heavy atom. The van der Waals surface area contributed by atoms with Crippen molar-refractivity contribution in [1.82, 2.24) is 10.2 Å². The minimum Gasteiger partial charge on any atom is -0.339 e. The highest BCUT2D eigenvalue weighted by molar-refractivity contribution is 9.10. The molecule has 110 valence electrons. The maximum absolute atomic E-state index is 12.5. The van der Waals surface area contributed by atoms with Crippen LogP contribution in [0.2, 0.25) is 5.02 Å². The van der Waals surface area contributed by atoms with Gasteiger partial charge >= 0.3 is 0 Å². The van der Waals surface area contributed by atoms with E-state index in [1.54, 1.807) is 12.1 Å². The first kappa shape index (κ1) is 15.8. The normalized spacial score (nSPS) is 22.6. The van der Waals surface area contributed by atoms with E-state index in [9.17, 15) is 4.79 Å². The minimum absolute atomic E-state index is 0.0427. The van der Waals surface area contributed by atoms with Gasteiger partial charge < -0.3 is 10.2 Å². The van der Waals surface area contributed by atoms with Crippen LogP contribution in [0.15, 0.2) is 22.7 Å². The van der Waals surface area contributed by atoms with Gasteiger partial charge in [-0.25, -0.2) is 0 Å². The van der Waals surface area contributed by atoms with E-state index in [1.807, 2.05) is 25.1 Å². The van der Waals surface area contributed by atoms with Crippen molar-refractivity contribution in [3.63, 3.8) is 0 Å². The van der Waals surface area contributed by atoms with Crippen LogP contribution in [0.5, 0.6) is 0 Å². The van der Waals surface area contributed by atoms with Gasteiger partial charge in [0.05, 0.1) is 0 Å². The molecule has 1 amide bonds. The van der Waals surface area contributed by atoms with Crippen molar-refractivity contribution < 1.29 is 4.79 Å². The first-order valence-electron chi connectivity index (χ1n) is 6.91. The van der Waals surface area contributed by atoms with Crippen molar-refractivity contribution in [2.45, 2.75) is 37.8 Å². The Morgan fingerprint density at radius 3 is 2.50 bits per heavy atom. The molecule has 5 heteroatoms. The van der Waals surface area contributed by atoms with Crippen molar-refractivity contribution in [3.8, 4) is 0 Å². The van der Waals surface area contributed by atoms with Crippen LogP contribution in [0.25, 0.3) is 0 Å². The third kappa shape index (κ3) is 3.74. The van der Waals surface area contributed by atoms with Crippen molar-refractivity contribution in [2.75, 3.05) is 14.1 Å². The SMILES string of the molecule is CNC1CCC(N(C)C(=O)c2cc(Cl)cc(Br)c2)CC1. The van der Waals surface area contributed by atoms with E-state index in [2.05, 4.69) is 21.2 Å². The minimum atomic E-state index is 0.0427. The molecule has 0 bridgehead atoms. The Hall–Kier alpha value is -0.580. The lowest BCUT2D eigenvalue weighted by Crippen LogP contribution is -2.42. The van der Waals surface area contributed by atoms with E-state index in [0.29, 0.717) is 22.7 Å². The van der Waals surface area contributed by atoms with Crippen LogP contribution in [0.1, 0.15) is 36.0 Å². The van der Waals surface area contributed by atoms with Gasteiger partial charge in [0.15, 0.2) is 0 Å². The molecular weight excluding hydrogens is 340 g/mol. The van der Waals surface area contributed by atoms with Gasteiger partial charge in [0.25, 0.3) is 5.91 Å². The van der Waals surface area contributed by atoms with Crippen molar-refractivity contribution >= 4 is 33.4 Å². The summed E-state index contributed by atoms with van der Waals surface area (Å²) in [5, 5.41) is 3.89. The van der Waals surface area contributed by atoms with Crippen LogP contribution < -0.4 is 5.32 Å². The molecule has 1 aliphatic rings. The van der Waals surface area contributed by atoms with E-state index >= 15 is 0 Å². The number of nitrogens with zero attached hydrogens (tertiary/aromatic N) is 1. The predicted octanol–water partition coefficient (Wildman–Crippen LogP) is 3.71. The monoisotopic (exact) mass is 358 g/mol. The van der Waals surface area contributed by atoms with Gasteiger partial charge in [-0.1, -0.05) is 27.5 Å². The number of amides is 1. The second kappa shape index (κ2) is 6.92. The van der Waals surface area contributed by atoms with E-state index in [-0.39, 0.29) is 5.91 Å². The van der Waals surface area contributed by atoms with Crippen LogP contribution in [0.3, 0.4) is 0 Å².